The highest BCUT2D eigenvalue weighted by Crippen LogP contribution is 2.57. The van der Waals surface area contributed by atoms with Crippen LogP contribution in [0, 0.1) is 17.8 Å². The Bertz CT molecular complexity index is 1210. The van der Waals surface area contributed by atoms with Crippen LogP contribution in [-0.4, -0.2) is 40.5 Å². The molecule has 5 saturated carbocycles. The first kappa shape index (κ1) is 26.0. The van der Waals surface area contributed by atoms with Crippen LogP contribution >= 0.6 is 0 Å². The maximum atomic E-state index is 13.3. The molecule has 9 heteroatoms. The summed E-state index contributed by atoms with van der Waals surface area (Å²) in [4.78, 5) is 46.1. The summed E-state index contributed by atoms with van der Waals surface area (Å²) in [6, 6.07) is 6.14. The Kier molecular flexibility index (Phi) is 7.18. The summed E-state index contributed by atoms with van der Waals surface area (Å²) in [5.74, 6) is 1.88. The summed E-state index contributed by atoms with van der Waals surface area (Å²) >= 11 is 0. The number of nitrogens with zero attached hydrogens (tertiary/aromatic N) is 1. The molecule has 4 bridgehead atoms. The summed E-state index contributed by atoms with van der Waals surface area (Å²) in [5.41, 5.74) is 6.32. The van der Waals surface area contributed by atoms with Crippen molar-refractivity contribution in [3.05, 3.63) is 52.6 Å². The van der Waals surface area contributed by atoms with Crippen molar-refractivity contribution < 1.29 is 23.9 Å². The maximum absolute atomic E-state index is 13.3. The molecule has 0 aliphatic heterocycles. The SMILES string of the molecule is COC(=O)c1cccc(C(=O)NNC(=O)c2nc(C3CCCCC3)[nH]c2COC23CC4CC(CC(C4)C2)C3)c1. The fraction of sp³-hybridized carbons (Fsp3) is 0.600. The van der Waals surface area contributed by atoms with Gasteiger partial charge in [-0.2, -0.15) is 0 Å². The van der Waals surface area contributed by atoms with E-state index in [2.05, 4.69) is 15.8 Å². The minimum atomic E-state index is -0.538. The highest BCUT2D eigenvalue weighted by Gasteiger charge is 2.51. The van der Waals surface area contributed by atoms with Crippen molar-refractivity contribution in [1.82, 2.24) is 20.8 Å². The Morgan fingerprint density at radius 3 is 2.26 bits per heavy atom. The van der Waals surface area contributed by atoms with Gasteiger partial charge in [-0.25, -0.2) is 9.78 Å². The summed E-state index contributed by atoms with van der Waals surface area (Å²) < 4.78 is 11.4. The number of hydrazine groups is 1. The maximum Gasteiger partial charge on any atom is 0.337 e. The van der Waals surface area contributed by atoms with Crippen molar-refractivity contribution in [2.75, 3.05) is 7.11 Å². The summed E-state index contributed by atoms with van der Waals surface area (Å²) in [6.45, 7) is 0.309. The first-order chi connectivity index (χ1) is 18.9. The number of esters is 1. The predicted molar refractivity (Wildman–Crippen MR) is 143 cm³/mol. The Labute approximate surface area is 228 Å². The molecule has 1 aromatic carbocycles. The Balaban J connectivity index is 1.16. The lowest BCUT2D eigenvalue weighted by molar-refractivity contribution is -0.169. The predicted octanol–water partition coefficient (Wildman–Crippen LogP) is 4.80. The zero-order valence-electron chi connectivity index (χ0n) is 22.6. The summed E-state index contributed by atoms with van der Waals surface area (Å²) in [7, 11) is 1.28. The van der Waals surface area contributed by atoms with Gasteiger partial charge in [0.15, 0.2) is 5.69 Å². The number of ether oxygens (including phenoxy) is 2. The Morgan fingerprint density at radius 2 is 1.59 bits per heavy atom. The third-order valence-electron chi connectivity index (χ3n) is 9.34. The number of imidazole rings is 1. The highest BCUT2D eigenvalue weighted by atomic mass is 16.5. The van der Waals surface area contributed by atoms with Crippen molar-refractivity contribution in [1.29, 1.82) is 0 Å². The van der Waals surface area contributed by atoms with Crippen molar-refractivity contribution in [3.63, 3.8) is 0 Å². The molecule has 5 aliphatic carbocycles. The highest BCUT2D eigenvalue weighted by molar-refractivity contribution is 6.00. The molecule has 0 saturated heterocycles. The third-order valence-corrected chi connectivity index (χ3v) is 9.34. The van der Waals surface area contributed by atoms with E-state index < -0.39 is 17.8 Å². The number of nitrogens with one attached hydrogen (secondary N) is 3. The van der Waals surface area contributed by atoms with Crippen LogP contribution in [0.1, 0.15) is 119 Å². The molecule has 0 spiro atoms. The minimum Gasteiger partial charge on any atom is -0.465 e. The molecular weight excluding hydrogens is 496 g/mol. The molecule has 1 heterocycles. The van der Waals surface area contributed by atoms with Gasteiger partial charge in [-0.3, -0.25) is 20.4 Å². The fourth-order valence-electron chi connectivity index (χ4n) is 7.87. The van der Waals surface area contributed by atoms with Gasteiger partial charge >= 0.3 is 5.97 Å². The molecule has 5 fully saturated rings. The zero-order chi connectivity index (χ0) is 27.0. The Morgan fingerprint density at radius 1 is 0.949 bits per heavy atom. The van der Waals surface area contributed by atoms with Crippen LogP contribution in [0.3, 0.4) is 0 Å². The molecule has 208 valence electrons. The molecule has 9 nitrogen and oxygen atoms in total. The largest absolute Gasteiger partial charge is 0.465 e. The van der Waals surface area contributed by atoms with Gasteiger partial charge < -0.3 is 14.5 Å². The number of methoxy groups -OCH3 is 1. The van der Waals surface area contributed by atoms with E-state index in [1.54, 1.807) is 18.2 Å². The average molecular weight is 535 g/mol. The summed E-state index contributed by atoms with van der Waals surface area (Å²) in [6.07, 6.45) is 13.0. The fourth-order valence-corrected chi connectivity index (χ4v) is 7.87. The average Bonchev–Trinajstić information content (AvgIpc) is 3.39. The molecule has 2 aromatic rings. The van der Waals surface area contributed by atoms with E-state index in [9.17, 15) is 14.4 Å². The molecule has 0 unspecified atom stereocenters. The second-order valence-corrected chi connectivity index (χ2v) is 12.2. The number of aromatic amines is 1. The van der Waals surface area contributed by atoms with Gasteiger partial charge in [0.05, 0.1) is 30.6 Å². The van der Waals surface area contributed by atoms with Crippen molar-refractivity contribution in [2.45, 2.75) is 88.8 Å². The van der Waals surface area contributed by atoms with E-state index >= 15 is 0 Å². The quantitative estimate of drug-likeness (QED) is 0.346. The van der Waals surface area contributed by atoms with Gasteiger partial charge in [0.25, 0.3) is 11.8 Å². The van der Waals surface area contributed by atoms with Crippen LogP contribution in [0.2, 0.25) is 0 Å². The standard InChI is InChI=1S/C30H38N4O5/c1-38-29(37)23-9-5-8-22(13-23)27(35)33-34-28(36)25-24(31-26(32-25)21-6-3-2-4-7-21)17-39-30-14-18-10-19(15-30)12-20(11-18)16-30/h5,8-9,13,18-21H,2-4,6-7,10-12,14-17H2,1H3,(H,31,32)(H,33,35)(H,34,36). The number of amides is 2. The molecule has 7 rings (SSSR count). The number of benzene rings is 1. The van der Waals surface area contributed by atoms with Crippen LogP contribution in [0.15, 0.2) is 24.3 Å². The van der Waals surface area contributed by atoms with Crippen LogP contribution in [0.4, 0.5) is 0 Å². The van der Waals surface area contributed by atoms with Gasteiger partial charge in [-0.1, -0.05) is 25.3 Å². The smallest absolute Gasteiger partial charge is 0.337 e. The van der Waals surface area contributed by atoms with E-state index in [-0.39, 0.29) is 22.4 Å². The molecule has 0 radical (unpaired) electrons. The first-order valence-corrected chi connectivity index (χ1v) is 14.4. The number of carbonyl (C=O) groups excluding carboxylic acids is 3. The van der Waals surface area contributed by atoms with Crippen LogP contribution in [-0.2, 0) is 16.1 Å². The van der Waals surface area contributed by atoms with Gasteiger partial charge in [-0.05, 0) is 87.3 Å². The number of rotatable bonds is 7. The van der Waals surface area contributed by atoms with E-state index in [4.69, 9.17) is 14.5 Å². The zero-order valence-corrected chi connectivity index (χ0v) is 22.6. The monoisotopic (exact) mass is 534 g/mol. The van der Waals surface area contributed by atoms with Gasteiger partial charge in [0, 0.05) is 11.5 Å². The normalized spacial score (nSPS) is 27.8. The van der Waals surface area contributed by atoms with Crippen molar-refractivity contribution >= 4 is 17.8 Å². The first-order valence-electron chi connectivity index (χ1n) is 14.4. The lowest BCUT2D eigenvalue weighted by Crippen LogP contribution is -2.51. The van der Waals surface area contributed by atoms with Gasteiger partial charge in [-0.15, -0.1) is 0 Å². The molecule has 0 atom stereocenters. The molecule has 2 amide bonds. The lowest BCUT2D eigenvalue weighted by atomic mass is 9.54. The molecule has 39 heavy (non-hydrogen) atoms. The van der Waals surface area contributed by atoms with Crippen LogP contribution < -0.4 is 10.9 Å². The molecule has 3 N–H and O–H groups in total. The van der Waals surface area contributed by atoms with E-state index in [0.717, 1.165) is 68.5 Å². The second-order valence-electron chi connectivity index (χ2n) is 12.2. The molecule has 1 aromatic heterocycles. The van der Waals surface area contributed by atoms with Crippen LogP contribution in [0.5, 0.6) is 0 Å². The molecule has 5 aliphatic rings. The Hall–Kier alpha value is -3.20. The number of aromatic nitrogens is 2. The van der Waals surface area contributed by atoms with E-state index in [1.807, 2.05) is 0 Å². The van der Waals surface area contributed by atoms with E-state index in [1.165, 1.54) is 38.9 Å². The minimum absolute atomic E-state index is 0.0858. The second kappa shape index (κ2) is 10.8. The van der Waals surface area contributed by atoms with E-state index in [0.29, 0.717) is 18.2 Å². The van der Waals surface area contributed by atoms with Gasteiger partial charge in [0.1, 0.15) is 5.82 Å². The molecular formula is C30H38N4O5. The van der Waals surface area contributed by atoms with Crippen molar-refractivity contribution in [2.24, 2.45) is 17.8 Å². The summed E-state index contributed by atoms with van der Waals surface area (Å²) in [5, 5.41) is 0. The number of hydrogen-bond acceptors (Lipinski definition) is 6. The van der Waals surface area contributed by atoms with Gasteiger partial charge in [0.2, 0.25) is 0 Å². The number of carbonyl (C=O) groups is 3. The van der Waals surface area contributed by atoms with Crippen LogP contribution in [0.25, 0.3) is 0 Å². The lowest BCUT2D eigenvalue weighted by Gasteiger charge is -2.56. The third kappa shape index (κ3) is 5.46. The van der Waals surface area contributed by atoms with Crippen molar-refractivity contribution in [3.8, 4) is 0 Å². The topological polar surface area (TPSA) is 122 Å². The number of H-pyrrole nitrogens is 1. The number of hydrogen-bond donors (Lipinski definition) is 3.